The van der Waals surface area contributed by atoms with E-state index in [4.69, 9.17) is 11.6 Å². The smallest absolute Gasteiger partial charge is 0.243 e. The van der Waals surface area contributed by atoms with E-state index in [2.05, 4.69) is 10.3 Å². The van der Waals surface area contributed by atoms with E-state index >= 15 is 0 Å². The molecule has 1 N–H and O–H groups in total. The first-order valence-electron chi connectivity index (χ1n) is 10.8. The quantitative estimate of drug-likeness (QED) is 0.479. The van der Waals surface area contributed by atoms with Crippen molar-refractivity contribution in [3.8, 4) is 0 Å². The zero-order chi connectivity index (χ0) is 23.3. The lowest BCUT2D eigenvalue weighted by atomic mass is 10.2. The molecule has 0 aliphatic carbocycles. The molecule has 172 valence electrons. The lowest BCUT2D eigenvalue weighted by molar-refractivity contribution is -0.121. The average molecular weight is 477 g/mol. The maximum Gasteiger partial charge on any atom is 0.243 e. The third-order valence-electron chi connectivity index (χ3n) is 5.47. The first-order valence-corrected chi connectivity index (χ1v) is 12.6. The van der Waals surface area contributed by atoms with Gasteiger partial charge in [0.05, 0.1) is 15.9 Å². The molecule has 0 saturated heterocycles. The number of aryl methyl sites for hydroxylation is 2. The fourth-order valence-electron chi connectivity index (χ4n) is 3.73. The number of rotatable bonds is 10. The van der Waals surface area contributed by atoms with E-state index in [1.807, 2.05) is 43.5 Å². The Kier molecular flexibility index (Phi) is 7.92. The highest BCUT2D eigenvalue weighted by molar-refractivity contribution is 7.89. The zero-order valence-corrected chi connectivity index (χ0v) is 20.2. The molecule has 1 heterocycles. The summed E-state index contributed by atoms with van der Waals surface area (Å²) in [5.74, 6) is 0.664. The fraction of sp³-hybridized carbons (Fsp3) is 0.391. The standard InChI is InChI=1S/C23H29ClN4O3S/c1-4-27(5-2)32(30,31)18-11-12-21-20(15-18)26-22(28(21)6-3)13-14-23(29)25-16-17-9-7-8-10-19(17)24/h7-12,15H,4-6,13-14,16H2,1-3H3,(H,25,29). The van der Waals surface area contributed by atoms with Crippen LogP contribution in [0.1, 0.15) is 38.6 Å². The number of carbonyl (C=O) groups is 1. The number of aromatic nitrogens is 2. The number of nitrogens with zero attached hydrogens (tertiary/aromatic N) is 3. The lowest BCUT2D eigenvalue weighted by Gasteiger charge is -2.18. The third-order valence-corrected chi connectivity index (χ3v) is 7.88. The van der Waals surface area contributed by atoms with Crippen LogP contribution in [0.15, 0.2) is 47.4 Å². The molecule has 9 heteroatoms. The zero-order valence-electron chi connectivity index (χ0n) is 18.6. The van der Waals surface area contributed by atoms with Crippen molar-refractivity contribution in [3.05, 3.63) is 58.9 Å². The van der Waals surface area contributed by atoms with Gasteiger partial charge < -0.3 is 9.88 Å². The van der Waals surface area contributed by atoms with Gasteiger partial charge in [0.15, 0.2) is 0 Å². The summed E-state index contributed by atoms with van der Waals surface area (Å²) in [6.45, 7) is 7.51. The van der Waals surface area contributed by atoms with Crippen LogP contribution in [-0.2, 0) is 34.3 Å². The van der Waals surface area contributed by atoms with Gasteiger partial charge in [0.25, 0.3) is 0 Å². The van der Waals surface area contributed by atoms with Gasteiger partial charge in [0.2, 0.25) is 15.9 Å². The summed E-state index contributed by atoms with van der Waals surface area (Å²) in [5.41, 5.74) is 2.34. The molecular formula is C23H29ClN4O3S. The molecule has 1 aromatic heterocycles. The van der Waals surface area contributed by atoms with E-state index < -0.39 is 10.0 Å². The van der Waals surface area contributed by atoms with Crippen molar-refractivity contribution in [1.82, 2.24) is 19.2 Å². The van der Waals surface area contributed by atoms with Crippen LogP contribution in [0.3, 0.4) is 0 Å². The molecule has 32 heavy (non-hydrogen) atoms. The maximum atomic E-state index is 12.9. The van der Waals surface area contributed by atoms with Gasteiger partial charge in [0.1, 0.15) is 5.82 Å². The topological polar surface area (TPSA) is 84.3 Å². The molecule has 3 rings (SSSR count). The van der Waals surface area contributed by atoms with E-state index in [0.717, 1.165) is 16.9 Å². The molecule has 7 nitrogen and oxygen atoms in total. The monoisotopic (exact) mass is 476 g/mol. The van der Waals surface area contributed by atoms with Crippen LogP contribution in [0.5, 0.6) is 0 Å². The number of amides is 1. The minimum Gasteiger partial charge on any atom is -0.352 e. The highest BCUT2D eigenvalue weighted by atomic mass is 35.5. The summed E-state index contributed by atoms with van der Waals surface area (Å²) in [6.07, 6.45) is 0.730. The minimum atomic E-state index is -3.56. The number of hydrogen-bond acceptors (Lipinski definition) is 4. The highest BCUT2D eigenvalue weighted by Gasteiger charge is 2.23. The van der Waals surface area contributed by atoms with Gasteiger partial charge in [-0.2, -0.15) is 4.31 Å². The van der Waals surface area contributed by atoms with Gasteiger partial charge in [-0.05, 0) is 36.8 Å². The first-order chi connectivity index (χ1) is 15.3. The average Bonchev–Trinajstić information content (AvgIpc) is 3.14. The Balaban J connectivity index is 1.75. The number of fused-ring (bicyclic) bond motifs is 1. The molecule has 0 unspecified atom stereocenters. The van der Waals surface area contributed by atoms with Gasteiger partial charge in [-0.25, -0.2) is 13.4 Å². The van der Waals surface area contributed by atoms with Crippen molar-refractivity contribution in [3.63, 3.8) is 0 Å². The van der Waals surface area contributed by atoms with E-state index in [1.54, 1.807) is 24.3 Å². The summed E-state index contributed by atoms with van der Waals surface area (Å²) in [7, 11) is -3.56. The number of hydrogen-bond donors (Lipinski definition) is 1. The van der Waals surface area contributed by atoms with E-state index in [0.29, 0.717) is 43.1 Å². The predicted molar refractivity (Wildman–Crippen MR) is 127 cm³/mol. The number of halogens is 1. The third kappa shape index (κ3) is 5.14. The molecular weight excluding hydrogens is 448 g/mol. The molecule has 0 spiro atoms. The summed E-state index contributed by atoms with van der Waals surface area (Å²) in [5, 5.41) is 3.51. The molecule has 0 saturated carbocycles. The van der Waals surface area contributed by atoms with Crippen LogP contribution in [0.25, 0.3) is 11.0 Å². The number of benzene rings is 2. The normalized spacial score (nSPS) is 11.9. The summed E-state index contributed by atoms with van der Waals surface area (Å²) in [6, 6.07) is 12.4. The van der Waals surface area contributed by atoms with Gasteiger partial charge in [-0.1, -0.05) is 43.6 Å². The highest BCUT2D eigenvalue weighted by Crippen LogP contribution is 2.23. The molecule has 0 atom stereocenters. The predicted octanol–water partition coefficient (Wildman–Crippen LogP) is 3.99. The summed E-state index contributed by atoms with van der Waals surface area (Å²) in [4.78, 5) is 17.3. The largest absolute Gasteiger partial charge is 0.352 e. The summed E-state index contributed by atoms with van der Waals surface area (Å²) >= 11 is 6.14. The molecule has 0 bridgehead atoms. The van der Waals surface area contributed by atoms with Crippen LogP contribution in [0.2, 0.25) is 5.02 Å². The molecule has 2 aromatic carbocycles. The van der Waals surface area contributed by atoms with Gasteiger partial charge in [-0.15, -0.1) is 0 Å². The molecule has 3 aromatic rings. The van der Waals surface area contributed by atoms with Crippen LogP contribution in [-0.4, -0.2) is 41.3 Å². The fourth-order valence-corrected chi connectivity index (χ4v) is 5.41. The Bertz CT molecular complexity index is 1200. The Morgan fingerprint density at radius 2 is 1.84 bits per heavy atom. The van der Waals surface area contributed by atoms with Crippen molar-refractivity contribution >= 4 is 38.6 Å². The number of carbonyl (C=O) groups excluding carboxylic acids is 1. The Labute approximate surface area is 194 Å². The SMILES string of the molecule is CCN(CC)S(=O)(=O)c1ccc2c(c1)nc(CCC(=O)NCc1ccccc1Cl)n2CC. The Morgan fingerprint density at radius 3 is 2.50 bits per heavy atom. The Hall–Kier alpha value is -2.42. The van der Waals surface area contributed by atoms with Crippen molar-refractivity contribution in [2.75, 3.05) is 13.1 Å². The molecule has 1 amide bonds. The molecule has 0 aliphatic heterocycles. The molecule has 0 fully saturated rings. The van der Waals surface area contributed by atoms with Crippen LogP contribution < -0.4 is 5.32 Å². The van der Waals surface area contributed by atoms with Crippen LogP contribution in [0.4, 0.5) is 0 Å². The Morgan fingerprint density at radius 1 is 1.12 bits per heavy atom. The molecule has 0 radical (unpaired) electrons. The summed E-state index contributed by atoms with van der Waals surface area (Å²) < 4.78 is 29.2. The second-order valence-corrected chi connectivity index (χ2v) is 9.73. The van der Waals surface area contributed by atoms with Crippen LogP contribution >= 0.6 is 11.6 Å². The maximum absolute atomic E-state index is 12.9. The lowest BCUT2D eigenvalue weighted by Crippen LogP contribution is -2.30. The van der Waals surface area contributed by atoms with E-state index in [-0.39, 0.29) is 17.2 Å². The van der Waals surface area contributed by atoms with Gasteiger partial charge in [0, 0.05) is 44.0 Å². The number of nitrogens with one attached hydrogen (secondary N) is 1. The van der Waals surface area contributed by atoms with Crippen molar-refractivity contribution < 1.29 is 13.2 Å². The van der Waals surface area contributed by atoms with E-state index in [1.165, 1.54) is 4.31 Å². The van der Waals surface area contributed by atoms with Crippen molar-refractivity contribution in [2.24, 2.45) is 0 Å². The second kappa shape index (κ2) is 10.5. The first kappa shape index (κ1) is 24.2. The number of sulfonamides is 1. The second-order valence-electron chi connectivity index (χ2n) is 7.38. The van der Waals surface area contributed by atoms with Crippen molar-refractivity contribution in [1.29, 1.82) is 0 Å². The van der Waals surface area contributed by atoms with E-state index in [9.17, 15) is 13.2 Å². The van der Waals surface area contributed by atoms with Crippen LogP contribution in [0, 0.1) is 0 Å². The van der Waals surface area contributed by atoms with Gasteiger partial charge >= 0.3 is 0 Å². The minimum absolute atomic E-state index is 0.0931. The molecule has 0 aliphatic rings. The van der Waals surface area contributed by atoms with Gasteiger partial charge in [-0.3, -0.25) is 4.79 Å². The number of imidazole rings is 1. The van der Waals surface area contributed by atoms with Crippen molar-refractivity contribution in [2.45, 2.75) is 51.6 Å².